The van der Waals surface area contributed by atoms with Crippen molar-refractivity contribution < 1.29 is 17.9 Å². The minimum absolute atomic E-state index is 0.0863. The minimum atomic E-state index is -3.99. The van der Waals surface area contributed by atoms with Crippen molar-refractivity contribution in [1.82, 2.24) is 5.43 Å². The van der Waals surface area contributed by atoms with Gasteiger partial charge >= 0.3 is 0 Å². The maximum atomic E-state index is 13.3. The Hall–Kier alpha value is -3.65. The van der Waals surface area contributed by atoms with Gasteiger partial charge in [0.05, 0.1) is 17.7 Å². The highest BCUT2D eigenvalue weighted by atomic mass is 32.2. The lowest BCUT2D eigenvalue weighted by atomic mass is 10.1. The molecule has 172 valence electrons. The highest BCUT2D eigenvalue weighted by molar-refractivity contribution is 7.92. The van der Waals surface area contributed by atoms with Crippen LogP contribution in [0.4, 0.5) is 5.69 Å². The van der Waals surface area contributed by atoms with Gasteiger partial charge in [0.1, 0.15) is 12.3 Å². The van der Waals surface area contributed by atoms with Gasteiger partial charge in [0, 0.05) is 11.8 Å². The molecular weight excluding hydrogens is 438 g/mol. The third kappa shape index (κ3) is 6.66. The Balaban J connectivity index is 1.76. The molecule has 0 fully saturated rings. The molecule has 0 aliphatic carbocycles. The van der Waals surface area contributed by atoms with Gasteiger partial charge in [-0.1, -0.05) is 54.6 Å². The molecule has 0 saturated carbocycles. The number of ether oxygens (including phenoxy) is 1. The van der Waals surface area contributed by atoms with Crippen LogP contribution in [0.15, 0.2) is 94.9 Å². The summed E-state index contributed by atoms with van der Waals surface area (Å²) in [4.78, 5) is 12.8. The van der Waals surface area contributed by atoms with E-state index in [0.717, 1.165) is 16.4 Å². The van der Waals surface area contributed by atoms with E-state index in [1.54, 1.807) is 42.5 Å². The van der Waals surface area contributed by atoms with Crippen molar-refractivity contribution in [1.29, 1.82) is 0 Å². The van der Waals surface area contributed by atoms with Gasteiger partial charge in [-0.3, -0.25) is 9.10 Å². The van der Waals surface area contributed by atoms with Gasteiger partial charge in [-0.25, -0.2) is 13.8 Å². The summed E-state index contributed by atoms with van der Waals surface area (Å²) in [5, 5.41) is 4.15. The summed E-state index contributed by atoms with van der Waals surface area (Å²) in [5.74, 6) is -0.0627. The number of benzene rings is 3. The highest BCUT2D eigenvalue weighted by Crippen LogP contribution is 2.26. The van der Waals surface area contributed by atoms with Gasteiger partial charge in [-0.05, 0) is 49.6 Å². The van der Waals surface area contributed by atoms with Gasteiger partial charge in [0.25, 0.3) is 15.9 Å². The summed E-state index contributed by atoms with van der Waals surface area (Å²) in [6, 6.07) is 24.5. The number of amides is 1. The molecule has 0 heterocycles. The molecule has 0 saturated heterocycles. The fourth-order valence-corrected chi connectivity index (χ4v) is 4.58. The Kier molecular flexibility index (Phi) is 8.21. The first-order valence-electron chi connectivity index (χ1n) is 10.5. The van der Waals surface area contributed by atoms with Crippen molar-refractivity contribution in [3.63, 3.8) is 0 Å². The second-order valence-electron chi connectivity index (χ2n) is 7.39. The number of methoxy groups -OCH3 is 1. The number of nitrogens with zero attached hydrogens (tertiary/aromatic N) is 2. The predicted octanol–water partition coefficient (Wildman–Crippen LogP) is 4.02. The van der Waals surface area contributed by atoms with Gasteiger partial charge in [0.15, 0.2) is 0 Å². The first-order chi connectivity index (χ1) is 15.9. The second kappa shape index (κ2) is 11.3. The van der Waals surface area contributed by atoms with Crippen LogP contribution in [0.3, 0.4) is 0 Å². The lowest BCUT2D eigenvalue weighted by Gasteiger charge is -2.24. The average Bonchev–Trinajstić information content (AvgIpc) is 2.85. The molecule has 0 radical (unpaired) electrons. The molecule has 0 atom stereocenters. The number of hydrazone groups is 1. The summed E-state index contributed by atoms with van der Waals surface area (Å²) in [6.07, 6.45) is 1.47. The van der Waals surface area contributed by atoms with Crippen molar-refractivity contribution in [3.05, 3.63) is 90.5 Å². The average molecular weight is 466 g/mol. The van der Waals surface area contributed by atoms with Crippen LogP contribution in [0.5, 0.6) is 5.75 Å². The molecule has 0 aromatic heterocycles. The van der Waals surface area contributed by atoms with Crippen LogP contribution in [-0.2, 0) is 21.2 Å². The molecule has 3 rings (SSSR count). The predicted molar refractivity (Wildman–Crippen MR) is 130 cm³/mol. The SMILES string of the molecule is COc1cccc(N(CC(=O)N/N=C(/C)CCc2ccccc2)S(=O)(=O)c2ccccc2)c1. The van der Waals surface area contributed by atoms with Crippen LogP contribution in [-0.4, -0.2) is 33.7 Å². The van der Waals surface area contributed by atoms with Crippen molar-refractivity contribution >= 4 is 27.3 Å². The zero-order chi connectivity index (χ0) is 23.7. The minimum Gasteiger partial charge on any atom is -0.497 e. The molecule has 3 aromatic rings. The van der Waals surface area contributed by atoms with Gasteiger partial charge in [-0.2, -0.15) is 5.10 Å². The van der Waals surface area contributed by atoms with Crippen LogP contribution in [0, 0.1) is 0 Å². The number of hydrogen-bond acceptors (Lipinski definition) is 5. The first-order valence-corrected chi connectivity index (χ1v) is 11.9. The number of rotatable bonds is 10. The summed E-state index contributed by atoms with van der Waals surface area (Å²) in [6.45, 7) is 1.39. The largest absolute Gasteiger partial charge is 0.497 e. The van der Waals surface area contributed by atoms with Gasteiger partial charge in [-0.15, -0.1) is 0 Å². The molecule has 0 aliphatic heterocycles. The van der Waals surface area contributed by atoms with Crippen LogP contribution >= 0.6 is 0 Å². The Labute approximate surface area is 194 Å². The normalized spacial score (nSPS) is 11.6. The Morgan fingerprint density at radius 2 is 1.64 bits per heavy atom. The number of aryl methyl sites for hydroxylation is 1. The fourth-order valence-electron chi connectivity index (χ4n) is 3.15. The Bertz CT molecular complexity index is 1200. The molecule has 33 heavy (non-hydrogen) atoms. The van der Waals surface area contributed by atoms with Gasteiger partial charge in [0.2, 0.25) is 0 Å². The van der Waals surface area contributed by atoms with Gasteiger partial charge < -0.3 is 4.74 Å². The standard InChI is InChI=1S/C25H27N3O4S/c1-20(16-17-21-10-5-3-6-11-21)26-27-25(29)19-28(22-12-9-13-23(18-22)32-2)33(30,31)24-14-7-4-8-15-24/h3-15,18H,16-17,19H2,1-2H3,(H,27,29)/b26-20-. The molecule has 7 nitrogen and oxygen atoms in total. The molecule has 1 amide bonds. The molecule has 0 spiro atoms. The Morgan fingerprint density at radius 3 is 2.30 bits per heavy atom. The van der Waals surface area contributed by atoms with E-state index in [1.165, 1.54) is 24.8 Å². The lowest BCUT2D eigenvalue weighted by molar-refractivity contribution is -0.119. The maximum absolute atomic E-state index is 13.3. The first kappa shape index (κ1) is 24.0. The van der Waals surface area contributed by atoms with Crippen molar-refractivity contribution in [2.24, 2.45) is 5.10 Å². The molecular formula is C25H27N3O4S. The van der Waals surface area contributed by atoms with Crippen molar-refractivity contribution in [2.45, 2.75) is 24.7 Å². The van der Waals surface area contributed by atoms with E-state index in [-0.39, 0.29) is 4.90 Å². The van der Waals surface area contributed by atoms with Crippen molar-refractivity contribution in [3.8, 4) is 5.75 Å². The monoisotopic (exact) mass is 465 g/mol. The third-order valence-corrected chi connectivity index (χ3v) is 6.74. The third-order valence-electron chi connectivity index (χ3n) is 4.95. The van der Waals surface area contributed by atoms with E-state index < -0.39 is 22.5 Å². The summed E-state index contributed by atoms with van der Waals surface area (Å²) in [7, 11) is -2.50. The fraction of sp³-hybridized carbons (Fsp3) is 0.200. The zero-order valence-electron chi connectivity index (χ0n) is 18.6. The molecule has 0 aliphatic rings. The molecule has 3 aromatic carbocycles. The van der Waals surface area contributed by atoms with Crippen LogP contribution in [0.25, 0.3) is 0 Å². The molecule has 1 N–H and O–H groups in total. The lowest BCUT2D eigenvalue weighted by Crippen LogP contribution is -2.39. The summed E-state index contributed by atoms with van der Waals surface area (Å²) in [5.41, 5.74) is 4.72. The highest BCUT2D eigenvalue weighted by Gasteiger charge is 2.27. The van der Waals surface area contributed by atoms with E-state index in [2.05, 4.69) is 10.5 Å². The smallest absolute Gasteiger partial charge is 0.264 e. The summed E-state index contributed by atoms with van der Waals surface area (Å²) >= 11 is 0. The number of hydrogen-bond donors (Lipinski definition) is 1. The quantitative estimate of drug-likeness (QED) is 0.362. The van der Waals surface area contributed by atoms with E-state index >= 15 is 0 Å². The molecule has 8 heteroatoms. The van der Waals surface area contributed by atoms with Crippen molar-refractivity contribution in [2.75, 3.05) is 18.0 Å². The van der Waals surface area contributed by atoms with E-state index in [1.807, 2.05) is 37.3 Å². The second-order valence-corrected chi connectivity index (χ2v) is 9.26. The topological polar surface area (TPSA) is 88.1 Å². The number of sulfonamides is 1. The van der Waals surface area contributed by atoms with E-state index in [0.29, 0.717) is 17.9 Å². The summed E-state index contributed by atoms with van der Waals surface area (Å²) < 4.78 is 32.9. The number of anilines is 1. The maximum Gasteiger partial charge on any atom is 0.264 e. The van der Waals surface area contributed by atoms with Crippen LogP contribution in [0.2, 0.25) is 0 Å². The Morgan fingerprint density at radius 1 is 0.970 bits per heavy atom. The molecule has 0 unspecified atom stereocenters. The molecule has 0 bridgehead atoms. The number of nitrogens with one attached hydrogen (secondary N) is 1. The van der Waals surface area contributed by atoms with Crippen LogP contribution < -0.4 is 14.5 Å². The van der Waals surface area contributed by atoms with E-state index in [9.17, 15) is 13.2 Å². The number of carbonyl (C=O) groups is 1. The number of carbonyl (C=O) groups excluding carboxylic acids is 1. The zero-order valence-corrected chi connectivity index (χ0v) is 19.5. The van der Waals surface area contributed by atoms with E-state index in [4.69, 9.17) is 4.74 Å². The van der Waals surface area contributed by atoms with Crippen LogP contribution in [0.1, 0.15) is 18.9 Å².